The van der Waals surface area contributed by atoms with Crippen molar-refractivity contribution in [3.8, 4) is 5.88 Å². The Kier molecular flexibility index (Phi) is 3.31. The zero-order valence-corrected chi connectivity index (χ0v) is 7.03. The molecule has 0 fully saturated rings. The van der Waals surface area contributed by atoms with Gasteiger partial charge in [-0.15, -0.1) is 0 Å². The average molecular weight is 198 g/mol. The van der Waals surface area contributed by atoms with E-state index in [1.165, 1.54) is 0 Å². The van der Waals surface area contributed by atoms with E-state index < -0.39 is 11.4 Å². The van der Waals surface area contributed by atoms with Crippen LogP contribution >= 0.6 is 23.2 Å². The summed E-state index contributed by atoms with van der Waals surface area (Å²) in [5.41, 5.74) is -0.661. The number of aromatic nitrogens is 2. The molecular weight excluding hydrogens is 193 g/mol. The zero-order valence-electron chi connectivity index (χ0n) is 5.52. The van der Waals surface area contributed by atoms with Crippen LogP contribution in [0.4, 0.5) is 0 Å². The van der Waals surface area contributed by atoms with Crippen LogP contribution in [-0.4, -0.2) is 10.2 Å². The van der Waals surface area contributed by atoms with Gasteiger partial charge in [-0.3, -0.25) is 4.79 Å². The SMILES string of the molecule is O=c1[nH]nc([O-])c(Cl)c1Cl.[NH4+]. The predicted molar refractivity (Wildman–Crippen MR) is 40.3 cm³/mol. The Morgan fingerprint density at radius 2 is 1.91 bits per heavy atom. The van der Waals surface area contributed by atoms with Crippen molar-refractivity contribution in [2.24, 2.45) is 0 Å². The summed E-state index contributed by atoms with van der Waals surface area (Å²) in [6.45, 7) is 0. The van der Waals surface area contributed by atoms with Gasteiger partial charge in [-0.2, -0.15) is 5.10 Å². The van der Waals surface area contributed by atoms with E-state index in [1.807, 2.05) is 5.10 Å². The van der Waals surface area contributed by atoms with Crippen LogP contribution in [0, 0.1) is 0 Å². The second kappa shape index (κ2) is 3.56. The van der Waals surface area contributed by atoms with E-state index in [2.05, 4.69) is 5.10 Å². The van der Waals surface area contributed by atoms with Crippen LogP contribution in [0.25, 0.3) is 0 Å². The minimum absolute atomic E-state index is 0. The number of halogens is 2. The van der Waals surface area contributed by atoms with Gasteiger partial charge >= 0.3 is 0 Å². The quantitative estimate of drug-likeness (QED) is 0.634. The van der Waals surface area contributed by atoms with Gasteiger partial charge in [0.2, 0.25) is 0 Å². The van der Waals surface area contributed by atoms with Gasteiger partial charge in [0.1, 0.15) is 5.02 Å². The third-order valence-electron chi connectivity index (χ3n) is 0.839. The summed E-state index contributed by atoms with van der Waals surface area (Å²) in [4.78, 5) is 10.5. The normalized spacial score (nSPS) is 8.91. The van der Waals surface area contributed by atoms with Crippen LogP contribution < -0.4 is 16.8 Å². The Bertz CT molecular complexity index is 311. The molecule has 0 unspecified atom stereocenters. The van der Waals surface area contributed by atoms with E-state index in [4.69, 9.17) is 23.2 Å². The van der Waals surface area contributed by atoms with E-state index in [9.17, 15) is 9.90 Å². The Morgan fingerprint density at radius 1 is 1.36 bits per heavy atom. The molecule has 5 N–H and O–H groups in total. The van der Waals surface area contributed by atoms with Crippen LogP contribution in [-0.2, 0) is 0 Å². The molecule has 11 heavy (non-hydrogen) atoms. The summed E-state index contributed by atoms with van der Waals surface area (Å²) < 4.78 is 0. The van der Waals surface area contributed by atoms with Gasteiger partial charge in [0.05, 0.1) is 5.02 Å². The fourth-order valence-corrected chi connectivity index (χ4v) is 0.644. The van der Waals surface area contributed by atoms with E-state index in [1.54, 1.807) is 0 Å². The fourth-order valence-electron chi connectivity index (χ4n) is 0.393. The molecule has 7 heteroatoms. The maximum absolute atomic E-state index is 10.5. The summed E-state index contributed by atoms with van der Waals surface area (Å²) in [7, 11) is 0. The molecular formula is C4H5Cl2N3O2. The minimum atomic E-state index is -0.730. The van der Waals surface area contributed by atoms with Gasteiger partial charge in [0.15, 0.2) is 0 Å². The summed E-state index contributed by atoms with van der Waals surface area (Å²) in [5.74, 6) is -0.730. The third-order valence-corrected chi connectivity index (χ3v) is 1.65. The maximum atomic E-state index is 10.5. The number of quaternary nitrogens is 1. The molecule has 1 aromatic rings. The molecule has 0 aliphatic heterocycles. The van der Waals surface area contributed by atoms with Gasteiger partial charge in [0.25, 0.3) is 5.56 Å². The number of hydrogen-bond acceptors (Lipinski definition) is 3. The molecule has 5 nitrogen and oxygen atoms in total. The van der Waals surface area contributed by atoms with Crippen LogP contribution in [0.5, 0.6) is 5.88 Å². The molecule has 0 amide bonds. The van der Waals surface area contributed by atoms with Crippen LogP contribution in [0.15, 0.2) is 4.79 Å². The maximum Gasteiger partial charge on any atom is 0.284 e. The van der Waals surface area contributed by atoms with E-state index in [-0.39, 0.29) is 16.2 Å². The van der Waals surface area contributed by atoms with Gasteiger partial charge < -0.3 is 11.3 Å². The lowest BCUT2D eigenvalue weighted by atomic mass is 10.5. The lowest BCUT2D eigenvalue weighted by Crippen LogP contribution is -2.11. The van der Waals surface area contributed by atoms with Gasteiger partial charge in [0, 0.05) is 5.88 Å². The lowest BCUT2D eigenvalue weighted by molar-refractivity contribution is -0.275. The molecule has 0 atom stereocenters. The molecule has 62 valence electrons. The second-order valence-electron chi connectivity index (χ2n) is 1.49. The number of nitrogens with zero attached hydrogens (tertiary/aromatic N) is 1. The monoisotopic (exact) mass is 197 g/mol. The Balaban J connectivity index is 0.000001000. The van der Waals surface area contributed by atoms with Crippen LogP contribution in [0.1, 0.15) is 0 Å². The van der Waals surface area contributed by atoms with E-state index >= 15 is 0 Å². The van der Waals surface area contributed by atoms with Crippen molar-refractivity contribution in [1.82, 2.24) is 16.3 Å². The third kappa shape index (κ3) is 1.83. The fraction of sp³-hybridized carbons (Fsp3) is 0. The molecule has 1 heterocycles. The molecule has 0 saturated heterocycles. The summed E-state index contributed by atoms with van der Waals surface area (Å²) in [5, 5.41) is 14.7. The lowest BCUT2D eigenvalue weighted by Gasteiger charge is -2.04. The summed E-state index contributed by atoms with van der Waals surface area (Å²) >= 11 is 10.5. The van der Waals surface area contributed by atoms with E-state index in [0.29, 0.717) is 0 Å². The molecule has 0 spiro atoms. The van der Waals surface area contributed by atoms with Crippen LogP contribution in [0.2, 0.25) is 10.0 Å². The first-order valence-corrected chi connectivity index (χ1v) is 2.99. The van der Waals surface area contributed by atoms with Crippen molar-refractivity contribution in [2.75, 3.05) is 0 Å². The number of nitrogens with one attached hydrogen (secondary N) is 1. The first kappa shape index (κ1) is 10.2. The molecule has 0 aliphatic carbocycles. The molecule has 0 radical (unpaired) electrons. The largest absolute Gasteiger partial charge is 0.856 e. The summed E-state index contributed by atoms with van der Waals surface area (Å²) in [6, 6.07) is 0. The molecule has 1 aromatic heterocycles. The number of H-pyrrole nitrogens is 1. The standard InChI is InChI=1S/C4H2Cl2N2O2.H3N/c5-1-2(6)4(10)8-7-3(1)9;/h(H,7,9)(H,8,10);1H3. The Labute approximate surface area is 71.5 Å². The smallest absolute Gasteiger partial charge is 0.284 e. The molecule has 0 bridgehead atoms. The van der Waals surface area contributed by atoms with Gasteiger partial charge in [-0.25, -0.2) is 5.10 Å². The van der Waals surface area contributed by atoms with E-state index in [0.717, 1.165) is 0 Å². The molecule has 0 aliphatic rings. The van der Waals surface area contributed by atoms with Crippen molar-refractivity contribution >= 4 is 23.2 Å². The Morgan fingerprint density at radius 3 is 2.36 bits per heavy atom. The number of hydrogen-bond donors (Lipinski definition) is 2. The van der Waals surface area contributed by atoms with Gasteiger partial charge in [-0.05, 0) is 0 Å². The highest BCUT2D eigenvalue weighted by atomic mass is 35.5. The molecule has 0 saturated carbocycles. The summed E-state index contributed by atoms with van der Waals surface area (Å²) in [6.07, 6.45) is 0. The highest BCUT2D eigenvalue weighted by Crippen LogP contribution is 2.21. The minimum Gasteiger partial charge on any atom is -0.856 e. The topological polar surface area (TPSA) is 105 Å². The molecule has 1 rings (SSSR count). The second-order valence-corrected chi connectivity index (χ2v) is 2.24. The van der Waals surface area contributed by atoms with Crippen LogP contribution in [0.3, 0.4) is 0 Å². The highest BCUT2D eigenvalue weighted by molar-refractivity contribution is 6.42. The average Bonchev–Trinajstić information content (AvgIpc) is 1.93. The van der Waals surface area contributed by atoms with Crippen molar-refractivity contribution in [3.63, 3.8) is 0 Å². The van der Waals surface area contributed by atoms with Gasteiger partial charge in [-0.1, -0.05) is 23.2 Å². The molecule has 0 aromatic carbocycles. The first-order valence-electron chi connectivity index (χ1n) is 2.23. The highest BCUT2D eigenvalue weighted by Gasteiger charge is 2.01. The number of rotatable bonds is 0. The van der Waals surface area contributed by atoms with Crippen molar-refractivity contribution < 1.29 is 5.11 Å². The predicted octanol–water partition coefficient (Wildman–Crippen LogP) is 0.526. The first-order chi connectivity index (χ1) is 4.63. The van der Waals surface area contributed by atoms with Crippen molar-refractivity contribution in [3.05, 3.63) is 20.4 Å². The zero-order chi connectivity index (χ0) is 7.72. The Hall–Kier alpha value is -0.780. The van der Waals surface area contributed by atoms with Crippen molar-refractivity contribution in [2.45, 2.75) is 0 Å². The van der Waals surface area contributed by atoms with Crippen molar-refractivity contribution in [1.29, 1.82) is 0 Å². The number of aromatic amines is 1.